The summed E-state index contributed by atoms with van der Waals surface area (Å²) in [5, 5.41) is 80.1. The van der Waals surface area contributed by atoms with Crippen molar-refractivity contribution in [3.8, 4) is 0 Å². The van der Waals surface area contributed by atoms with Crippen molar-refractivity contribution in [3.63, 3.8) is 0 Å². The molecule has 2 rings (SSSR count). The first-order valence-corrected chi connectivity index (χ1v) is 6.99. The number of carbonyl (C=O) groups is 1. The van der Waals surface area contributed by atoms with E-state index in [4.69, 9.17) is 50.7 Å². The largest absolute Gasteiger partial charge is 0.479 e. The van der Waals surface area contributed by atoms with Gasteiger partial charge in [0.2, 0.25) is 0 Å². The number of ether oxygens (including phenoxy) is 2. The third-order valence-electron chi connectivity index (χ3n) is 3.62. The highest BCUT2D eigenvalue weighted by atomic mass is 16.6. The average Bonchev–Trinajstić information content (AvgIpc) is 2.54. The highest BCUT2D eigenvalue weighted by Gasteiger charge is 2.46. The lowest BCUT2D eigenvalue weighted by molar-refractivity contribution is -0.279. The van der Waals surface area contributed by atoms with E-state index in [9.17, 15) is 4.79 Å². The number of carboxylic acids is 1. The maximum Gasteiger partial charge on any atom is 0.335 e. The van der Waals surface area contributed by atoms with E-state index < -0.39 is 61.1 Å². The predicted molar refractivity (Wildman–Crippen MR) is 71.4 cm³/mol. The molecule has 2 aliphatic heterocycles. The molecule has 0 aromatic rings. The van der Waals surface area contributed by atoms with Crippen molar-refractivity contribution in [2.24, 2.45) is 0 Å². The molecule has 0 unspecified atom stereocenters. The van der Waals surface area contributed by atoms with Crippen molar-refractivity contribution in [2.45, 2.75) is 55.1 Å². The highest BCUT2D eigenvalue weighted by molar-refractivity contribution is 5.73. The first-order valence-electron chi connectivity index (χ1n) is 6.99. The molecule has 0 bridgehead atoms. The second-order valence-electron chi connectivity index (χ2n) is 5.36. The van der Waals surface area contributed by atoms with Gasteiger partial charge in [-0.1, -0.05) is 0 Å². The number of hydrogen-bond acceptors (Lipinski definition) is 11. The Morgan fingerprint density at radius 2 is 1.46 bits per heavy atom. The normalized spacial score (nSPS) is 45.9. The standard InChI is InChI=1S/C6H10O7.C6H12O5/c7-1-2(8)4(5(10)11)13-6(12)3(1)9;7-1-4-6(10)5(9)3(8)2-11-4/h1-4,6-9,12H,(H,10,11);3-10H,1-2H2/t1-,2-,3+,4-,6+;3-,4+,5+,6+/m00/s1. The number of carboxylic acid groups (broad SMARTS) is 1. The molecule has 24 heavy (non-hydrogen) atoms. The molecule has 0 aromatic heterocycles. The van der Waals surface area contributed by atoms with Crippen molar-refractivity contribution < 1.29 is 60.2 Å². The first-order chi connectivity index (χ1) is 11.1. The van der Waals surface area contributed by atoms with Crippen LogP contribution >= 0.6 is 0 Å². The van der Waals surface area contributed by atoms with Crippen molar-refractivity contribution in [1.82, 2.24) is 0 Å². The number of aliphatic hydroxyl groups is 8. The van der Waals surface area contributed by atoms with Crippen LogP contribution in [-0.4, -0.2) is 120 Å². The van der Waals surface area contributed by atoms with Gasteiger partial charge in [-0.2, -0.15) is 0 Å². The van der Waals surface area contributed by atoms with Crippen molar-refractivity contribution in [3.05, 3.63) is 0 Å². The molecule has 0 amide bonds. The van der Waals surface area contributed by atoms with E-state index in [2.05, 4.69) is 4.74 Å². The number of aliphatic carboxylic acids is 1. The Balaban J connectivity index is 0.000000243. The Morgan fingerprint density at radius 3 is 1.96 bits per heavy atom. The van der Waals surface area contributed by atoms with Gasteiger partial charge in [-0.05, 0) is 0 Å². The van der Waals surface area contributed by atoms with Crippen LogP contribution in [0.3, 0.4) is 0 Å². The van der Waals surface area contributed by atoms with Gasteiger partial charge in [0.1, 0.15) is 42.7 Å². The summed E-state index contributed by atoms with van der Waals surface area (Å²) >= 11 is 0. The Morgan fingerprint density at radius 1 is 0.875 bits per heavy atom. The molecule has 0 saturated carbocycles. The lowest BCUT2D eigenvalue weighted by Gasteiger charge is -2.36. The van der Waals surface area contributed by atoms with Crippen LogP contribution < -0.4 is 0 Å². The molecule has 12 heteroatoms. The molecule has 0 spiro atoms. The summed E-state index contributed by atoms with van der Waals surface area (Å²) in [5.41, 5.74) is 0. The van der Waals surface area contributed by atoms with Crippen molar-refractivity contribution in [1.29, 1.82) is 0 Å². The van der Waals surface area contributed by atoms with Crippen LogP contribution in [-0.2, 0) is 14.3 Å². The lowest BCUT2D eigenvalue weighted by atomic mass is 9.99. The van der Waals surface area contributed by atoms with Crippen LogP contribution in [0.15, 0.2) is 0 Å². The molecule has 2 heterocycles. The second-order valence-corrected chi connectivity index (χ2v) is 5.36. The zero-order valence-electron chi connectivity index (χ0n) is 12.4. The Labute approximate surface area is 135 Å². The van der Waals surface area contributed by atoms with Crippen molar-refractivity contribution in [2.75, 3.05) is 13.2 Å². The van der Waals surface area contributed by atoms with Crippen LogP contribution in [0.25, 0.3) is 0 Å². The molecule has 2 aliphatic rings. The van der Waals surface area contributed by atoms with Gasteiger partial charge in [0.15, 0.2) is 12.4 Å². The monoisotopic (exact) mass is 358 g/mol. The molecule has 2 saturated heterocycles. The van der Waals surface area contributed by atoms with Crippen LogP contribution in [0.1, 0.15) is 0 Å². The van der Waals surface area contributed by atoms with Crippen LogP contribution in [0.2, 0.25) is 0 Å². The minimum Gasteiger partial charge on any atom is -0.479 e. The van der Waals surface area contributed by atoms with Gasteiger partial charge in [0.25, 0.3) is 0 Å². The quantitative estimate of drug-likeness (QED) is 0.225. The summed E-state index contributed by atoms with van der Waals surface area (Å²) in [6.45, 7) is -0.408. The Kier molecular flexibility index (Phi) is 7.88. The van der Waals surface area contributed by atoms with E-state index in [0.717, 1.165) is 0 Å². The van der Waals surface area contributed by atoms with Gasteiger partial charge in [-0.15, -0.1) is 0 Å². The third kappa shape index (κ3) is 4.80. The number of hydrogen-bond donors (Lipinski definition) is 9. The van der Waals surface area contributed by atoms with Crippen molar-refractivity contribution >= 4 is 5.97 Å². The third-order valence-corrected chi connectivity index (χ3v) is 3.62. The fourth-order valence-corrected chi connectivity index (χ4v) is 2.09. The summed E-state index contributed by atoms with van der Waals surface area (Å²) in [6.07, 6.45) is -13.0. The molecule has 9 N–H and O–H groups in total. The topological polar surface area (TPSA) is 218 Å². The van der Waals surface area contributed by atoms with E-state index in [-0.39, 0.29) is 13.2 Å². The molecule has 0 aromatic carbocycles. The Hall–Kier alpha value is -0.930. The van der Waals surface area contributed by atoms with Gasteiger partial charge in [0, 0.05) is 0 Å². The summed E-state index contributed by atoms with van der Waals surface area (Å²) in [6, 6.07) is 0. The fourth-order valence-electron chi connectivity index (χ4n) is 2.09. The molecule has 0 aliphatic carbocycles. The van der Waals surface area contributed by atoms with Crippen LogP contribution in [0.5, 0.6) is 0 Å². The minimum absolute atomic E-state index is 0.0521. The minimum atomic E-state index is -1.81. The molecule has 12 nitrogen and oxygen atoms in total. The van der Waals surface area contributed by atoms with E-state index in [0.29, 0.717) is 0 Å². The molecule has 9 atom stereocenters. The zero-order valence-corrected chi connectivity index (χ0v) is 12.4. The SMILES string of the molecule is O=C(O)[C@H]1O[C@@H](O)[C@H](O)[C@@H](O)[C@@H]1O.OC[C@H]1OC[C@H](O)[C@@H](O)[C@@H]1O. The molecular weight excluding hydrogens is 336 g/mol. The van der Waals surface area contributed by atoms with Gasteiger partial charge < -0.3 is 55.4 Å². The summed E-state index contributed by atoms with van der Waals surface area (Å²) in [7, 11) is 0. The summed E-state index contributed by atoms with van der Waals surface area (Å²) in [4.78, 5) is 10.4. The van der Waals surface area contributed by atoms with Gasteiger partial charge in [0.05, 0.1) is 13.2 Å². The smallest absolute Gasteiger partial charge is 0.335 e. The second kappa shape index (κ2) is 8.96. The zero-order chi connectivity index (χ0) is 18.6. The predicted octanol–water partition coefficient (Wildman–Crippen LogP) is -5.67. The van der Waals surface area contributed by atoms with Gasteiger partial charge in [-0.3, -0.25) is 0 Å². The van der Waals surface area contributed by atoms with E-state index in [1.165, 1.54) is 0 Å². The summed E-state index contributed by atoms with van der Waals surface area (Å²) in [5.74, 6) is -1.52. The first kappa shape index (κ1) is 21.1. The summed E-state index contributed by atoms with van der Waals surface area (Å²) < 4.78 is 9.15. The lowest BCUT2D eigenvalue weighted by Crippen LogP contribution is -2.59. The molecule has 2 fully saturated rings. The van der Waals surface area contributed by atoms with Crippen LogP contribution in [0.4, 0.5) is 0 Å². The highest BCUT2D eigenvalue weighted by Crippen LogP contribution is 2.19. The molecule has 142 valence electrons. The Bertz CT molecular complexity index is 403. The molecular formula is C12H22O12. The fraction of sp³-hybridized carbons (Fsp3) is 0.917. The van der Waals surface area contributed by atoms with E-state index >= 15 is 0 Å². The van der Waals surface area contributed by atoms with Crippen LogP contribution in [0, 0.1) is 0 Å². The molecule has 0 radical (unpaired) electrons. The maximum absolute atomic E-state index is 10.4. The average molecular weight is 358 g/mol. The maximum atomic E-state index is 10.4. The number of rotatable bonds is 2. The number of aliphatic hydroxyl groups excluding tert-OH is 8. The van der Waals surface area contributed by atoms with Gasteiger partial charge in [-0.25, -0.2) is 4.79 Å². The van der Waals surface area contributed by atoms with Gasteiger partial charge >= 0.3 is 5.97 Å². The van der Waals surface area contributed by atoms with E-state index in [1.54, 1.807) is 0 Å². The van der Waals surface area contributed by atoms with E-state index in [1.807, 2.05) is 0 Å².